The number of nitrogens with zero attached hydrogens (tertiary/aromatic N) is 2. The van der Waals surface area contributed by atoms with Gasteiger partial charge >= 0.3 is 6.09 Å². The van der Waals surface area contributed by atoms with Crippen LogP contribution < -0.4 is 0 Å². The van der Waals surface area contributed by atoms with Gasteiger partial charge < -0.3 is 14.7 Å². The van der Waals surface area contributed by atoms with Crippen molar-refractivity contribution < 1.29 is 35.7 Å². The Morgan fingerprint density at radius 2 is 1.67 bits per heavy atom. The van der Waals surface area contributed by atoms with Crippen molar-refractivity contribution in [2.45, 2.75) is 51.1 Å². The third kappa shape index (κ3) is 7.09. The van der Waals surface area contributed by atoms with Gasteiger partial charge in [0.05, 0.1) is 24.3 Å². The van der Waals surface area contributed by atoms with Crippen molar-refractivity contribution in [2.24, 2.45) is 5.41 Å². The summed E-state index contributed by atoms with van der Waals surface area (Å²) in [5, 5.41) is 11.5. The fourth-order valence-electron chi connectivity index (χ4n) is 4.19. The molecular weight excluding hydrogens is 508 g/mol. The minimum Gasteiger partial charge on any atom is -0.444 e. The lowest BCUT2D eigenvalue weighted by Gasteiger charge is -2.44. The van der Waals surface area contributed by atoms with Crippen molar-refractivity contribution in [1.29, 1.82) is 0 Å². The van der Waals surface area contributed by atoms with Crippen LogP contribution in [0.1, 0.15) is 51.0 Å². The third-order valence-corrected chi connectivity index (χ3v) is 8.24. The summed E-state index contributed by atoms with van der Waals surface area (Å²) in [5.74, 6) is -0.276. The predicted octanol–water partition coefficient (Wildman–Crippen LogP) is 2.89. The molecule has 1 unspecified atom stereocenters. The maximum atomic E-state index is 13.2. The van der Waals surface area contributed by atoms with E-state index in [2.05, 4.69) is 0 Å². The van der Waals surface area contributed by atoms with Gasteiger partial charge in [-0.25, -0.2) is 17.2 Å². The van der Waals surface area contributed by atoms with Crippen LogP contribution in [0.3, 0.4) is 0 Å². The van der Waals surface area contributed by atoms with Crippen LogP contribution >= 0.6 is 0 Å². The zero-order valence-electron chi connectivity index (χ0n) is 21.0. The van der Waals surface area contributed by atoms with Crippen molar-refractivity contribution in [3.05, 3.63) is 59.9 Å². The molecule has 1 aliphatic rings. The van der Waals surface area contributed by atoms with Crippen LogP contribution in [0.4, 0.5) is 4.79 Å². The number of ether oxygens (including phenoxy) is 1. The van der Waals surface area contributed by atoms with E-state index in [1.807, 2.05) is 0 Å². The van der Waals surface area contributed by atoms with E-state index in [1.165, 1.54) is 23.2 Å². The molecule has 10 nitrogen and oxygen atoms in total. The Morgan fingerprint density at radius 3 is 2.22 bits per heavy atom. The topological polar surface area (TPSA) is 132 Å². The first-order valence-corrected chi connectivity index (χ1v) is 15.0. The van der Waals surface area contributed by atoms with Crippen LogP contribution in [0.5, 0.6) is 0 Å². The number of carbonyl (C=O) groups excluding carboxylic acids is 1. The number of aliphatic hydroxyl groups is 1. The minimum absolute atomic E-state index is 0.105. The quantitative estimate of drug-likeness (QED) is 0.504. The number of aromatic nitrogens is 1. The second-order valence-electron chi connectivity index (χ2n) is 10.2. The van der Waals surface area contributed by atoms with Gasteiger partial charge in [0.25, 0.3) is 10.1 Å². The number of hydrogen-bond donors (Lipinski definition) is 1. The normalized spacial score (nSPS) is 17.5. The highest BCUT2D eigenvalue weighted by Crippen LogP contribution is 2.44. The number of likely N-dealkylation sites (tertiary alicyclic amines) is 1. The lowest BCUT2D eigenvalue weighted by atomic mass is 9.73. The van der Waals surface area contributed by atoms with E-state index in [9.17, 15) is 26.7 Å². The lowest BCUT2D eigenvalue weighted by Crippen LogP contribution is -2.49. The smallest absolute Gasteiger partial charge is 0.410 e. The Bertz CT molecular complexity index is 1260. The standard InChI is InChI=1S/C24H34N2O8S2/c1-23(2,3)34-22(28)25-15-12-24(13-16-25,18-33-35(4,29)30)21(27)20-11-8-14-26(20)36(31,32)17-19-9-6-5-7-10-19/h5-11,14,21,27H,12-13,15-18H2,1-4H3. The molecule has 1 N–H and O–H groups in total. The number of piperidine rings is 1. The monoisotopic (exact) mass is 542 g/mol. The fraction of sp³-hybridized carbons (Fsp3) is 0.542. The molecule has 3 rings (SSSR count). The Kier molecular flexibility index (Phi) is 8.23. The highest BCUT2D eigenvalue weighted by Gasteiger charge is 2.45. The Balaban J connectivity index is 1.88. The van der Waals surface area contributed by atoms with Crippen LogP contribution in [0, 0.1) is 5.41 Å². The summed E-state index contributed by atoms with van der Waals surface area (Å²) < 4.78 is 61.6. The maximum Gasteiger partial charge on any atom is 0.410 e. The van der Waals surface area contributed by atoms with Gasteiger partial charge in [-0.05, 0) is 51.3 Å². The molecule has 12 heteroatoms. The molecule has 200 valence electrons. The van der Waals surface area contributed by atoms with Crippen LogP contribution in [0.25, 0.3) is 0 Å². The SMILES string of the molecule is CC(C)(C)OC(=O)N1CCC(COS(C)(=O)=O)(C(O)c2cccn2S(=O)(=O)Cc2ccccc2)CC1. The molecule has 1 saturated heterocycles. The molecule has 1 fully saturated rings. The highest BCUT2D eigenvalue weighted by molar-refractivity contribution is 7.89. The van der Waals surface area contributed by atoms with Gasteiger partial charge in [0.15, 0.2) is 0 Å². The first-order chi connectivity index (χ1) is 16.6. The average molecular weight is 543 g/mol. The van der Waals surface area contributed by atoms with Crippen molar-refractivity contribution in [1.82, 2.24) is 8.87 Å². The number of carbonyl (C=O) groups is 1. The van der Waals surface area contributed by atoms with Gasteiger partial charge in [0.2, 0.25) is 10.0 Å². The first-order valence-electron chi connectivity index (χ1n) is 11.6. The van der Waals surface area contributed by atoms with Crippen LogP contribution in [-0.4, -0.2) is 68.5 Å². The van der Waals surface area contributed by atoms with Crippen molar-refractivity contribution in [3.8, 4) is 0 Å². The Labute approximate surface area is 213 Å². The molecule has 1 aromatic heterocycles. The summed E-state index contributed by atoms with van der Waals surface area (Å²) in [5.41, 5.74) is -1.14. The molecule has 2 heterocycles. The molecule has 1 aliphatic heterocycles. The molecule has 0 radical (unpaired) electrons. The van der Waals surface area contributed by atoms with E-state index >= 15 is 0 Å². The first kappa shape index (κ1) is 28.2. The number of rotatable bonds is 8. The third-order valence-electron chi connectivity index (χ3n) is 6.07. The highest BCUT2D eigenvalue weighted by atomic mass is 32.2. The maximum absolute atomic E-state index is 13.2. The molecule has 1 aromatic carbocycles. The fourth-order valence-corrected chi connectivity index (χ4v) is 6.13. The predicted molar refractivity (Wildman–Crippen MR) is 134 cm³/mol. The van der Waals surface area contributed by atoms with E-state index in [1.54, 1.807) is 51.1 Å². The summed E-state index contributed by atoms with van der Waals surface area (Å²) in [6.45, 7) is 5.26. The van der Waals surface area contributed by atoms with Gasteiger partial charge in [-0.2, -0.15) is 8.42 Å². The second kappa shape index (κ2) is 10.5. The summed E-state index contributed by atoms with van der Waals surface area (Å²) in [6.07, 6.45) is 0.733. The zero-order chi connectivity index (χ0) is 26.8. The summed E-state index contributed by atoms with van der Waals surface area (Å²) >= 11 is 0. The lowest BCUT2D eigenvalue weighted by molar-refractivity contribution is -0.0583. The molecule has 0 bridgehead atoms. The number of aliphatic hydroxyl groups excluding tert-OH is 1. The average Bonchev–Trinajstić information content (AvgIpc) is 3.27. The zero-order valence-corrected chi connectivity index (χ0v) is 22.6. The van der Waals surface area contributed by atoms with E-state index in [4.69, 9.17) is 8.92 Å². The van der Waals surface area contributed by atoms with E-state index in [-0.39, 0.29) is 44.0 Å². The number of benzene rings is 1. The molecule has 36 heavy (non-hydrogen) atoms. The molecule has 0 spiro atoms. The minimum atomic E-state index is -3.89. The molecule has 2 aromatic rings. The van der Waals surface area contributed by atoms with Crippen molar-refractivity contribution in [2.75, 3.05) is 26.0 Å². The summed E-state index contributed by atoms with van der Waals surface area (Å²) in [4.78, 5) is 14.0. The largest absolute Gasteiger partial charge is 0.444 e. The molecule has 1 amide bonds. The van der Waals surface area contributed by atoms with Crippen molar-refractivity contribution in [3.63, 3.8) is 0 Å². The van der Waals surface area contributed by atoms with E-state index < -0.39 is 43.4 Å². The van der Waals surface area contributed by atoms with E-state index in [0.717, 1.165) is 10.2 Å². The number of amides is 1. The van der Waals surface area contributed by atoms with Gasteiger partial charge in [-0.3, -0.25) is 4.18 Å². The molecule has 1 atom stereocenters. The van der Waals surface area contributed by atoms with Gasteiger partial charge in [-0.15, -0.1) is 0 Å². The molecule has 0 aliphatic carbocycles. The molecule has 0 saturated carbocycles. The van der Waals surface area contributed by atoms with Crippen LogP contribution in [-0.2, 0) is 34.8 Å². The van der Waals surface area contributed by atoms with Gasteiger partial charge in [-0.1, -0.05) is 30.3 Å². The Hall–Kier alpha value is -2.41. The van der Waals surface area contributed by atoms with Crippen molar-refractivity contribution >= 4 is 26.2 Å². The summed E-state index contributed by atoms with van der Waals surface area (Å²) in [6, 6.07) is 11.7. The molecular formula is C24H34N2O8S2. The van der Waals surface area contributed by atoms with Crippen LogP contribution in [0.2, 0.25) is 0 Å². The second-order valence-corrected chi connectivity index (χ2v) is 13.7. The van der Waals surface area contributed by atoms with Gasteiger partial charge in [0, 0.05) is 24.7 Å². The summed E-state index contributed by atoms with van der Waals surface area (Å²) in [7, 11) is -7.72. The number of hydrogen-bond acceptors (Lipinski definition) is 8. The van der Waals surface area contributed by atoms with Gasteiger partial charge in [0.1, 0.15) is 11.7 Å². The van der Waals surface area contributed by atoms with E-state index in [0.29, 0.717) is 5.56 Å². The Morgan fingerprint density at radius 1 is 1.06 bits per heavy atom. The van der Waals surface area contributed by atoms with Crippen LogP contribution in [0.15, 0.2) is 48.7 Å².